The van der Waals surface area contributed by atoms with Gasteiger partial charge in [0.05, 0.1) is 12.8 Å². The Bertz CT molecular complexity index is 867. The van der Waals surface area contributed by atoms with Gasteiger partial charge in [0.2, 0.25) is 0 Å². The fourth-order valence-electron chi connectivity index (χ4n) is 3.38. The Morgan fingerprint density at radius 2 is 2.00 bits per heavy atom. The van der Waals surface area contributed by atoms with Gasteiger partial charge in [0, 0.05) is 31.3 Å². The van der Waals surface area contributed by atoms with Crippen molar-refractivity contribution >= 4 is 16.0 Å². The largest absolute Gasteiger partial charge is 0.496 e. The number of nitrogens with zero attached hydrogens (tertiary/aromatic N) is 3. The summed E-state index contributed by atoms with van der Waals surface area (Å²) >= 11 is 0. The molecule has 0 atom stereocenters. The van der Waals surface area contributed by atoms with Crippen LogP contribution in [0.15, 0.2) is 36.7 Å². The van der Waals surface area contributed by atoms with Crippen molar-refractivity contribution in [2.24, 2.45) is 11.1 Å². The van der Waals surface area contributed by atoms with E-state index in [1.54, 1.807) is 13.4 Å². The Morgan fingerprint density at radius 3 is 2.70 bits per heavy atom. The number of hydrogen-bond acceptors (Lipinski definition) is 6. The van der Waals surface area contributed by atoms with E-state index in [2.05, 4.69) is 19.6 Å². The minimum absolute atomic E-state index is 0.384. The van der Waals surface area contributed by atoms with Gasteiger partial charge < -0.3 is 9.64 Å². The molecule has 2 heterocycles. The Labute approximate surface area is 160 Å². The standard InChI is InChI=1S/C18H25N5O3S/c1-26-17-5-3-2-4-15(17)16-12-18(21-13-20-16)23-10-7-14(8-11-23)6-9-22-27(19,24)25/h2-5,12-14,22H,6-11H2,1H3,(H2,19,24,25). The number of benzene rings is 1. The molecule has 1 fully saturated rings. The van der Waals surface area contributed by atoms with E-state index >= 15 is 0 Å². The average molecular weight is 391 g/mol. The molecule has 8 nitrogen and oxygen atoms in total. The first kappa shape index (κ1) is 19.5. The summed E-state index contributed by atoms with van der Waals surface area (Å²) in [5, 5.41) is 4.96. The molecule has 3 rings (SSSR count). The zero-order chi connectivity index (χ0) is 19.3. The van der Waals surface area contributed by atoms with E-state index in [-0.39, 0.29) is 0 Å². The predicted octanol–water partition coefficient (Wildman–Crippen LogP) is 1.55. The van der Waals surface area contributed by atoms with E-state index < -0.39 is 10.2 Å². The monoisotopic (exact) mass is 391 g/mol. The van der Waals surface area contributed by atoms with Crippen molar-refractivity contribution in [3.05, 3.63) is 36.7 Å². The van der Waals surface area contributed by atoms with Crippen molar-refractivity contribution in [3.8, 4) is 17.0 Å². The van der Waals surface area contributed by atoms with Crippen LogP contribution < -0.4 is 19.5 Å². The maximum Gasteiger partial charge on any atom is 0.274 e. The Balaban J connectivity index is 1.62. The smallest absolute Gasteiger partial charge is 0.274 e. The average Bonchev–Trinajstić information content (AvgIpc) is 2.67. The molecule has 0 bridgehead atoms. The number of methoxy groups -OCH3 is 1. The summed E-state index contributed by atoms with van der Waals surface area (Å²) < 4.78 is 29.7. The van der Waals surface area contributed by atoms with E-state index in [0.717, 1.165) is 55.2 Å². The van der Waals surface area contributed by atoms with E-state index in [0.29, 0.717) is 12.5 Å². The lowest BCUT2D eigenvalue weighted by Crippen LogP contribution is -2.36. The summed E-state index contributed by atoms with van der Waals surface area (Å²) in [6, 6.07) is 9.77. The zero-order valence-corrected chi connectivity index (χ0v) is 16.2. The highest BCUT2D eigenvalue weighted by atomic mass is 32.2. The Kier molecular flexibility index (Phi) is 6.25. The second-order valence-corrected chi connectivity index (χ2v) is 8.00. The lowest BCUT2D eigenvalue weighted by atomic mass is 9.93. The quantitative estimate of drug-likeness (QED) is 0.741. The maximum absolute atomic E-state index is 10.9. The van der Waals surface area contributed by atoms with Crippen LogP contribution in [0.1, 0.15) is 19.3 Å². The molecular weight excluding hydrogens is 366 g/mol. The van der Waals surface area contributed by atoms with Crippen LogP contribution in [0, 0.1) is 5.92 Å². The molecule has 0 saturated carbocycles. The van der Waals surface area contributed by atoms with Gasteiger partial charge in [0.15, 0.2) is 0 Å². The van der Waals surface area contributed by atoms with Crippen molar-refractivity contribution in [2.75, 3.05) is 31.6 Å². The molecule has 0 unspecified atom stereocenters. The van der Waals surface area contributed by atoms with Gasteiger partial charge in [-0.25, -0.2) is 19.8 Å². The predicted molar refractivity (Wildman–Crippen MR) is 105 cm³/mol. The first-order valence-corrected chi connectivity index (χ1v) is 10.5. The van der Waals surface area contributed by atoms with Gasteiger partial charge in [-0.05, 0) is 37.3 Å². The molecule has 0 aliphatic carbocycles. The van der Waals surface area contributed by atoms with Crippen LogP contribution in [0.4, 0.5) is 5.82 Å². The molecule has 146 valence electrons. The number of para-hydroxylation sites is 1. The molecule has 0 spiro atoms. The normalized spacial score (nSPS) is 15.7. The molecule has 2 aromatic rings. The molecule has 0 radical (unpaired) electrons. The lowest BCUT2D eigenvalue weighted by molar-refractivity contribution is 0.380. The number of aromatic nitrogens is 2. The van der Waals surface area contributed by atoms with E-state index in [4.69, 9.17) is 9.88 Å². The van der Waals surface area contributed by atoms with Crippen LogP contribution in [0.3, 0.4) is 0 Å². The van der Waals surface area contributed by atoms with E-state index in [1.165, 1.54) is 0 Å². The number of ether oxygens (including phenoxy) is 1. The molecule has 0 amide bonds. The van der Waals surface area contributed by atoms with Crippen molar-refractivity contribution in [3.63, 3.8) is 0 Å². The summed E-state index contributed by atoms with van der Waals surface area (Å²) in [7, 11) is -1.95. The van der Waals surface area contributed by atoms with Crippen LogP contribution in [-0.4, -0.2) is 45.1 Å². The van der Waals surface area contributed by atoms with Gasteiger partial charge in [0.1, 0.15) is 17.9 Å². The number of piperidine rings is 1. The summed E-state index contributed by atoms with van der Waals surface area (Å²) in [6.45, 7) is 2.14. The first-order chi connectivity index (χ1) is 13.0. The number of nitrogens with two attached hydrogens (primary N) is 1. The SMILES string of the molecule is COc1ccccc1-c1cc(N2CCC(CCNS(N)(=O)=O)CC2)ncn1. The summed E-state index contributed by atoms with van der Waals surface area (Å²) in [5.74, 6) is 2.15. The minimum Gasteiger partial charge on any atom is -0.496 e. The molecule has 1 saturated heterocycles. The van der Waals surface area contributed by atoms with E-state index in [9.17, 15) is 8.42 Å². The van der Waals surface area contributed by atoms with Crippen molar-refractivity contribution in [1.29, 1.82) is 0 Å². The molecule has 1 aromatic carbocycles. The van der Waals surface area contributed by atoms with Crippen LogP contribution in [-0.2, 0) is 10.2 Å². The molecule has 27 heavy (non-hydrogen) atoms. The van der Waals surface area contributed by atoms with Gasteiger partial charge in [0.25, 0.3) is 10.2 Å². The first-order valence-electron chi connectivity index (χ1n) is 8.94. The number of anilines is 1. The molecule has 9 heteroatoms. The zero-order valence-electron chi connectivity index (χ0n) is 15.3. The second kappa shape index (κ2) is 8.64. The highest BCUT2D eigenvalue weighted by Gasteiger charge is 2.21. The van der Waals surface area contributed by atoms with Gasteiger partial charge in [-0.15, -0.1) is 0 Å². The van der Waals surface area contributed by atoms with E-state index in [1.807, 2.05) is 30.3 Å². The molecular formula is C18H25N5O3S. The second-order valence-electron chi connectivity index (χ2n) is 6.62. The van der Waals surface area contributed by atoms with Crippen LogP contribution in [0.25, 0.3) is 11.3 Å². The highest BCUT2D eigenvalue weighted by Crippen LogP contribution is 2.30. The third kappa shape index (κ3) is 5.38. The Morgan fingerprint density at radius 1 is 1.26 bits per heavy atom. The fraction of sp³-hybridized carbons (Fsp3) is 0.444. The van der Waals surface area contributed by atoms with Gasteiger partial charge in [-0.2, -0.15) is 8.42 Å². The number of hydrogen-bond donors (Lipinski definition) is 2. The van der Waals surface area contributed by atoms with Crippen LogP contribution >= 0.6 is 0 Å². The molecule has 1 aromatic heterocycles. The molecule has 1 aliphatic rings. The Hall–Kier alpha value is -2.23. The maximum atomic E-state index is 10.9. The van der Waals surface area contributed by atoms with Crippen molar-refractivity contribution in [2.45, 2.75) is 19.3 Å². The van der Waals surface area contributed by atoms with Crippen molar-refractivity contribution < 1.29 is 13.2 Å². The van der Waals surface area contributed by atoms with Gasteiger partial charge in [-0.3, -0.25) is 0 Å². The van der Waals surface area contributed by atoms with Gasteiger partial charge >= 0.3 is 0 Å². The number of rotatable bonds is 7. The topological polar surface area (TPSA) is 110 Å². The highest BCUT2D eigenvalue weighted by molar-refractivity contribution is 7.87. The third-order valence-electron chi connectivity index (χ3n) is 4.83. The summed E-state index contributed by atoms with van der Waals surface area (Å²) in [5.41, 5.74) is 1.77. The number of nitrogens with one attached hydrogen (secondary N) is 1. The van der Waals surface area contributed by atoms with Gasteiger partial charge in [-0.1, -0.05) is 12.1 Å². The van der Waals surface area contributed by atoms with Crippen molar-refractivity contribution in [1.82, 2.24) is 14.7 Å². The molecule has 3 N–H and O–H groups in total. The lowest BCUT2D eigenvalue weighted by Gasteiger charge is -2.32. The van der Waals surface area contributed by atoms with Crippen LogP contribution in [0.2, 0.25) is 0 Å². The fourth-order valence-corrected chi connectivity index (χ4v) is 3.78. The minimum atomic E-state index is -3.60. The molecule has 1 aliphatic heterocycles. The summed E-state index contributed by atoms with van der Waals surface area (Å²) in [6.07, 6.45) is 4.35. The van der Waals surface area contributed by atoms with Crippen LogP contribution in [0.5, 0.6) is 5.75 Å². The summed E-state index contributed by atoms with van der Waals surface area (Å²) in [4.78, 5) is 11.1. The third-order valence-corrected chi connectivity index (χ3v) is 5.44.